The maximum absolute atomic E-state index is 12.7. The van der Waals surface area contributed by atoms with Crippen LogP contribution in [0.3, 0.4) is 0 Å². The minimum Gasteiger partial charge on any atom is -0.497 e. The van der Waals surface area contributed by atoms with Crippen molar-refractivity contribution in [2.75, 3.05) is 7.11 Å². The van der Waals surface area contributed by atoms with Crippen molar-refractivity contribution in [3.63, 3.8) is 0 Å². The van der Waals surface area contributed by atoms with E-state index >= 15 is 0 Å². The van der Waals surface area contributed by atoms with Gasteiger partial charge in [-0.1, -0.05) is 29.3 Å². The molecule has 0 radical (unpaired) electrons. The summed E-state index contributed by atoms with van der Waals surface area (Å²) in [6.07, 6.45) is 0. The third kappa shape index (κ3) is 2.76. The molecule has 0 N–H and O–H groups in total. The van der Waals surface area contributed by atoms with Gasteiger partial charge in [-0.25, -0.2) is 4.79 Å². The lowest BCUT2D eigenvalue weighted by atomic mass is 9.85. The standard InChI is InChI=1S/C19H17NO5/c1-19(2,12-7-6-8-13(11-12)24-3)18(23)25-20-16(21)14-9-4-5-10-15(14)17(20)22/h4-11H,1-3H3. The van der Waals surface area contributed by atoms with Crippen LogP contribution < -0.4 is 4.74 Å². The number of methoxy groups -OCH3 is 1. The molecule has 2 aromatic rings. The van der Waals surface area contributed by atoms with E-state index in [0.29, 0.717) is 16.4 Å². The van der Waals surface area contributed by atoms with E-state index in [1.165, 1.54) is 19.2 Å². The van der Waals surface area contributed by atoms with Crippen LogP contribution in [0.25, 0.3) is 0 Å². The van der Waals surface area contributed by atoms with Crippen LogP contribution in [0.15, 0.2) is 48.5 Å². The second kappa shape index (κ2) is 6.05. The van der Waals surface area contributed by atoms with Gasteiger partial charge in [-0.3, -0.25) is 9.59 Å². The summed E-state index contributed by atoms with van der Waals surface area (Å²) in [4.78, 5) is 42.4. The summed E-state index contributed by atoms with van der Waals surface area (Å²) < 4.78 is 5.17. The highest BCUT2D eigenvalue weighted by Crippen LogP contribution is 2.30. The van der Waals surface area contributed by atoms with E-state index < -0.39 is 23.2 Å². The molecule has 1 aliphatic rings. The molecule has 0 saturated heterocycles. The van der Waals surface area contributed by atoms with E-state index in [1.54, 1.807) is 50.2 Å². The number of carbonyl (C=O) groups excluding carboxylic acids is 3. The Labute approximate surface area is 144 Å². The number of ether oxygens (including phenoxy) is 1. The first-order valence-corrected chi connectivity index (χ1v) is 7.71. The van der Waals surface area contributed by atoms with Gasteiger partial charge in [0.25, 0.3) is 11.8 Å². The van der Waals surface area contributed by atoms with Crippen LogP contribution in [0, 0.1) is 0 Å². The fraction of sp³-hybridized carbons (Fsp3) is 0.211. The van der Waals surface area contributed by atoms with Crippen molar-refractivity contribution in [3.8, 4) is 5.75 Å². The lowest BCUT2D eigenvalue weighted by molar-refractivity contribution is -0.174. The van der Waals surface area contributed by atoms with Gasteiger partial charge in [-0.15, -0.1) is 0 Å². The van der Waals surface area contributed by atoms with Crippen molar-refractivity contribution in [2.45, 2.75) is 19.3 Å². The Bertz CT molecular complexity index is 837. The topological polar surface area (TPSA) is 72.9 Å². The van der Waals surface area contributed by atoms with Crippen LogP contribution >= 0.6 is 0 Å². The zero-order valence-corrected chi connectivity index (χ0v) is 14.1. The molecule has 128 valence electrons. The van der Waals surface area contributed by atoms with Gasteiger partial charge in [0.15, 0.2) is 0 Å². The van der Waals surface area contributed by atoms with Gasteiger partial charge in [-0.05, 0) is 43.7 Å². The first kappa shape index (κ1) is 16.7. The van der Waals surface area contributed by atoms with E-state index in [1.807, 2.05) is 0 Å². The lowest BCUT2D eigenvalue weighted by Gasteiger charge is -2.25. The van der Waals surface area contributed by atoms with Crippen LogP contribution in [0.5, 0.6) is 5.75 Å². The van der Waals surface area contributed by atoms with Gasteiger partial charge in [0, 0.05) is 0 Å². The molecule has 2 aromatic carbocycles. The second-order valence-corrected chi connectivity index (χ2v) is 6.19. The van der Waals surface area contributed by atoms with Crippen molar-refractivity contribution in [1.29, 1.82) is 0 Å². The van der Waals surface area contributed by atoms with Crippen LogP contribution in [-0.4, -0.2) is 30.0 Å². The fourth-order valence-electron chi connectivity index (χ4n) is 2.58. The molecule has 1 heterocycles. The van der Waals surface area contributed by atoms with Crippen LogP contribution in [0.4, 0.5) is 0 Å². The summed E-state index contributed by atoms with van der Waals surface area (Å²) in [5, 5.41) is 0.523. The Hall–Kier alpha value is -3.15. The number of benzene rings is 2. The molecule has 25 heavy (non-hydrogen) atoms. The van der Waals surface area contributed by atoms with Crippen LogP contribution in [0.2, 0.25) is 0 Å². The van der Waals surface area contributed by atoms with Crippen molar-refractivity contribution in [2.24, 2.45) is 0 Å². The lowest BCUT2D eigenvalue weighted by Crippen LogP contribution is -2.40. The molecule has 0 fully saturated rings. The monoisotopic (exact) mass is 339 g/mol. The third-order valence-corrected chi connectivity index (χ3v) is 4.23. The first-order chi connectivity index (χ1) is 11.9. The normalized spacial score (nSPS) is 13.6. The predicted molar refractivity (Wildman–Crippen MR) is 89.1 cm³/mol. The van der Waals surface area contributed by atoms with Gasteiger partial charge < -0.3 is 9.57 Å². The zero-order valence-electron chi connectivity index (χ0n) is 14.1. The summed E-state index contributed by atoms with van der Waals surface area (Å²) in [7, 11) is 1.53. The number of amides is 2. The van der Waals surface area contributed by atoms with Crippen molar-refractivity contribution >= 4 is 17.8 Å². The molecule has 0 aromatic heterocycles. The molecular formula is C19H17NO5. The fourth-order valence-corrected chi connectivity index (χ4v) is 2.58. The van der Waals surface area contributed by atoms with Crippen molar-refractivity contribution in [1.82, 2.24) is 5.06 Å². The largest absolute Gasteiger partial charge is 0.497 e. The Kier molecular flexibility index (Phi) is 4.04. The van der Waals surface area contributed by atoms with Gasteiger partial charge in [0.05, 0.1) is 23.7 Å². The number of hydroxylamine groups is 2. The number of imide groups is 1. The molecule has 0 unspecified atom stereocenters. The minimum absolute atomic E-state index is 0.222. The molecule has 0 aliphatic carbocycles. The molecule has 1 aliphatic heterocycles. The number of hydrogen-bond donors (Lipinski definition) is 0. The highest BCUT2D eigenvalue weighted by Gasteiger charge is 2.42. The highest BCUT2D eigenvalue weighted by atomic mass is 16.7. The van der Waals surface area contributed by atoms with Crippen LogP contribution in [0.1, 0.15) is 40.1 Å². The number of rotatable bonds is 4. The molecule has 0 spiro atoms. The predicted octanol–water partition coefficient (Wildman–Crippen LogP) is 2.73. The zero-order chi connectivity index (χ0) is 18.2. The SMILES string of the molecule is COc1cccc(C(C)(C)C(=O)ON2C(=O)c3ccccc3C2=O)c1. The molecule has 0 bridgehead atoms. The molecule has 6 heteroatoms. The Morgan fingerprint density at radius 1 is 0.960 bits per heavy atom. The highest BCUT2D eigenvalue weighted by molar-refractivity contribution is 6.21. The quantitative estimate of drug-likeness (QED) is 0.801. The first-order valence-electron chi connectivity index (χ1n) is 7.71. The second-order valence-electron chi connectivity index (χ2n) is 6.19. The van der Waals surface area contributed by atoms with E-state index in [9.17, 15) is 14.4 Å². The summed E-state index contributed by atoms with van der Waals surface area (Å²) in [6.45, 7) is 3.31. The molecule has 0 atom stereocenters. The molecule has 2 amide bonds. The summed E-state index contributed by atoms with van der Waals surface area (Å²) in [5.74, 6) is -1.40. The van der Waals surface area contributed by atoms with Gasteiger partial charge in [0.2, 0.25) is 0 Å². The molecule has 6 nitrogen and oxygen atoms in total. The number of carbonyl (C=O) groups is 3. The average molecular weight is 339 g/mol. The number of fused-ring (bicyclic) bond motifs is 1. The van der Waals surface area contributed by atoms with E-state index in [-0.39, 0.29) is 11.1 Å². The van der Waals surface area contributed by atoms with Crippen molar-refractivity contribution < 1.29 is 24.0 Å². The summed E-state index contributed by atoms with van der Waals surface area (Å²) in [5.41, 5.74) is 0.0107. The van der Waals surface area contributed by atoms with Gasteiger partial charge >= 0.3 is 5.97 Å². The average Bonchev–Trinajstić information content (AvgIpc) is 2.87. The van der Waals surface area contributed by atoms with E-state index in [4.69, 9.17) is 9.57 Å². The van der Waals surface area contributed by atoms with Crippen molar-refractivity contribution in [3.05, 3.63) is 65.2 Å². The maximum atomic E-state index is 12.7. The van der Waals surface area contributed by atoms with Gasteiger partial charge in [0.1, 0.15) is 5.75 Å². The number of hydrogen-bond acceptors (Lipinski definition) is 5. The molecular weight excluding hydrogens is 322 g/mol. The Morgan fingerprint density at radius 3 is 2.12 bits per heavy atom. The van der Waals surface area contributed by atoms with E-state index in [0.717, 1.165) is 0 Å². The molecule has 3 rings (SSSR count). The third-order valence-electron chi connectivity index (χ3n) is 4.23. The maximum Gasteiger partial charge on any atom is 0.343 e. The summed E-state index contributed by atoms with van der Waals surface area (Å²) >= 11 is 0. The Morgan fingerprint density at radius 2 is 1.56 bits per heavy atom. The Balaban J connectivity index is 1.85. The minimum atomic E-state index is -1.08. The van der Waals surface area contributed by atoms with Crippen LogP contribution in [-0.2, 0) is 15.0 Å². The number of nitrogens with zero attached hydrogens (tertiary/aromatic N) is 1. The smallest absolute Gasteiger partial charge is 0.343 e. The molecule has 0 saturated carbocycles. The summed E-state index contributed by atoms with van der Waals surface area (Å²) in [6, 6.07) is 13.3. The van der Waals surface area contributed by atoms with E-state index in [2.05, 4.69) is 0 Å². The van der Waals surface area contributed by atoms with Gasteiger partial charge in [-0.2, -0.15) is 0 Å².